The van der Waals surface area contributed by atoms with Crippen LogP contribution in [0.1, 0.15) is 15.9 Å². The Balaban J connectivity index is 1.65. The first-order valence-electron chi connectivity index (χ1n) is 8.17. The smallest absolute Gasteiger partial charge is 0.253 e. The predicted octanol–water partition coefficient (Wildman–Crippen LogP) is 2.29. The molecule has 3 rings (SSSR count). The lowest BCUT2D eigenvalue weighted by Crippen LogP contribution is -2.48. The third-order valence-corrected chi connectivity index (χ3v) is 4.64. The summed E-state index contributed by atoms with van der Waals surface area (Å²) in [6, 6.07) is 15.1. The van der Waals surface area contributed by atoms with E-state index in [2.05, 4.69) is 4.90 Å². The first-order chi connectivity index (χ1) is 12.1. The zero-order chi connectivity index (χ0) is 17.8. The van der Waals surface area contributed by atoms with Gasteiger partial charge in [-0.05, 0) is 24.3 Å². The quantitative estimate of drug-likeness (QED) is 0.853. The average molecular weight is 355 g/mol. The molecule has 5 nitrogen and oxygen atoms in total. The van der Waals surface area contributed by atoms with Gasteiger partial charge in [-0.2, -0.15) is 0 Å². The SMILES string of the molecule is COc1ccccc1N1CCN(C(=O)c2ccc(C(N)=S)cc2)CC1. The molecule has 1 aliphatic rings. The molecule has 0 aliphatic carbocycles. The van der Waals surface area contributed by atoms with Crippen molar-refractivity contribution in [2.45, 2.75) is 0 Å². The van der Waals surface area contributed by atoms with Crippen molar-refractivity contribution in [3.63, 3.8) is 0 Å². The van der Waals surface area contributed by atoms with Crippen LogP contribution in [0.4, 0.5) is 5.69 Å². The lowest BCUT2D eigenvalue weighted by atomic mass is 10.1. The summed E-state index contributed by atoms with van der Waals surface area (Å²) in [4.78, 5) is 17.1. The number of nitrogens with zero attached hydrogens (tertiary/aromatic N) is 2. The lowest BCUT2D eigenvalue weighted by Gasteiger charge is -2.36. The van der Waals surface area contributed by atoms with E-state index in [1.807, 2.05) is 29.2 Å². The zero-order valence-electron chi connectivity index (χ0n) is 14.1. The Morgan fingerprint density at radius 2 is 1.60 bits per heavy atom. The fraction of sp³-hybridized carbons (Fsp3) is 0.263. The number of hydrogen-bond acceptors (Lipinski definition) is 4. The van der Waals surface area contributed by atoms with E-state index in [-0.39, 0.29) is 5.91 Å². The van der Waals surface area contributed by atoms with Crippen molar-refractivity contribution in [2.75, 3.05) is 38.2 Å². The van der Waals surface area contributed by atoms with Gasteiger partial charge in [0.05, 0.1) is 12.8 Å². The summed E-state index contributed by atoms with van der Waals surface area (Å²) in [5.74, 6) is 0.893. The summed E-state index contributed by atoms with van der Waals surface area (Å²) in [5.41, 5.74) is 8.09. The Kier molecular flexibility index (Phi) is 5.19. The van der Waals surface area contributed by atoms with Crippen LogP contribution in [0.2, 0.25) is 0 Å². The summed E-state index contributed by atoms with van der Waals surface area (Å²) in [5, 5.41) is 0. The molecule has 130 valence electrons. The Hall–Kier alpha value is -2.60. The van der Waals surface area contributed by atoms with Crippen molar-refractivity contribution < 1.29 is 9.53 Å². The van der Waals surface area contributed by atoms with Crippen LogP contribution in [0, 0.1) is 0 Å². The summed E-state index contributed by atoms with van der Waals surface area (Å²) in [7, 11) is 1.68. The van der Waals surface area contributed by atoms with Crippen LogP contribution in [0.15, 0.2) is 48.5 Å². The van der Waals surface area contributed by atoms with Crippen LogP contribution in [0.25, 0.3) is 0 Å². The highest BCUT2D eigenvalue weighted by atomic mass is 32.1. The van der Waals surface area contributed by atoms with Crippen LogP contribution in [0.5, 0.6) is 5.75 Å². The van der Waals surface area contributed by atoms with E-state index >= 15 is 0 Å². The van der Waals surface area contributed by atoms with Gasteiger partial charge in [0.25, 0.3) is 5.91 Å². The van der Waals surface area contributed by atoms with E-state index in [4.69, 9.17) is 22.7 Å². The minimum absolute atomic E-state index is 0.0363. The number of benzene rings is 2. The summed E-state index contributed by atoms with van der Waals surface area (Å²) >= 11 is 4.94. The molecule has 1 saturated heterocycles. The number of methoxy groups -OCH3 is 1. The Bertz CT molecular complexity index is 768. The van der Waals surface area contributed by atoms with Gasteiger partial charge in [0.1, 0.15) is 10.7 Å². The molecule has 0 aromatic heterocycles. The number of thiocarbonyl (C=S) groups is 1. The third kappa shape index (κ3) is 3.74. The number of piperazine rings is 1. The summed E-state index contributed by atoms with van der Waals surface area (Å²) < 4.78 is 5.43. The molecule has 0 unspecified atom stereocenters. The van der Waals surface area contributed by atoms with Crippen LogP contribution >= 0.6 is 12.2 Å². The second-order valence-corrected chi connectivity index (χ2v) is 6.33. The maximum atomic E-state index is 12.7. The van der Waals surface area contributed by atoms with Gasteiger partial charge < -0.3 is 20.3 Å². The van der Waals surface area contributed by atoms with E-state index in [1.165, 1.54) is 0 Å². The highest BCUT2D eigenvalue weighted by Crippen LogP contribution is 2.28. The van der Waals surface area contributed by atoms with Gasteiger partial charge in [0.2, 0.25) is 0 Å². The average Bonchev–Trinajstić information content (AvgIpc) is 2.67. The molecule has 2 aromatic carbocycles. The maximum absolute atomic E-state index is 12.7. The number of carbonyl (C=O) groups is 1. The van der Waals surface area contributed by atoms with Gasteiger partial charge >= 0.3 is 0 Å². The van der Waals surface area contributed by atoms with E-state index < -0.39 is 0 Å². The highest BCUT2D eigenvalue weighted by molar-refractivity contribution is 7.80. The van der Waals surface area contributed by atoms with Crippen molar-refractivity contribution >= 4 is 28.8 Å². The number of para-hydroxylation sites is 2. The molecule has 0 saturated carbocycles. The number of anilines is 1. The lowest BCUT2D eigenvalue weighted by molar-refractivity contribution is 0.0746. The van der Waals surface area contributed by atoms with Gasteiger partial charge in [-0.1, -0.05) is 36.5 Å². The Morgan fingerprint density at radius 1 is 1.00 bits per heavy atom. The van der Waals surface area contributed by atoms with E-state index in [9.17, 15) is 4.79 Å². The summed E-state index contributed by atoms with van der Waals surface area (Å²) in [6.07, 6.45) is 0. The van der Waals surface area contributed by atoms with E-state index in [1.54, 1.807) is 31.4 Å². The standard InChI is InChI=1S/C19H21N3O2S/c1-24-17-5-3-2-4-16(17)21-10-12-22(13-11-21)19(23)15-8-6-14(7-9-15)18(20)25/h2-9H,10-13H2,1H3,(H2,20,25). The third-order valence-electron chi connectivity index (χ3n) is 4.41. The molecule has 25 heavy (non-hydrogen) atoms. The number of ether oxygens (including phenoxy) is 1. The minimum atomic E-state index is 0.0363. The maximum Gasteiger partial charge on any atom is 0.253 e. The van der Waals surface area contributed by atoms with Gasteiger partial charge in [0, 0.05) is 37.3 Å². The Labute approximate surface area is 153 Å². The monoisotopic (exact) mass is 355 g/mol. The fourth-order valence-corrected chi connectivity index (χ4v) is 3.14. The number of rotatable bonds is 4. The second kappa shape index (κ2) is 7.53. The van der Waals surface area contributed by atoms with Crippen LogP contribution < -0.4 is 15.4 Å². The molecule has 0 atom stereocenters. The molecule has 0 radical (unpaired) electrons. The van der Waals surface area contributed by atoms with Gasteiger partial charge in [-0.3, -0.25) is 4.79 Å². The van der Waals surface area contributed by atoms with E-state index in [0.717, 1.165) is 30.1 Å². The van der Waals surface area contributed by atoms with Gasteiger partial charge in [-0.15, -0.1) is 0 Å². The van der Waals surface area contributed by atoms with Gasteiger partial charge in [-0.25, -0.2) is 0 Å². The predicted molar refractivity (Wildman–Crippen MR) is 103 cm³/mol. The molecule has 0 spiro atoms. The first-order valence-corrected chi connectivity index (χ1v) is 8.58. The van der Waals surface area contributed by atoms with Crippen LogP contribution in [-0.4, -0.2) is 49.1 Å². The highest BCUT2D eigenvalue weighted by Gasteiger charge is 2.23. The summed E-state index contributed by atoms with van der Waals surface area (Å²) in [6.45, 7) is 2.90. The van der Waals surface area contributed by atoms with Crippen LogP contribution in [-0.2, 0) is 0 Å². The van der Waals surface area contributed by atoms with Crippen molar-refractivity contribution in [3.05, 3.63) is 59.7 Å². The molecule has 1 aliphatic heterocycles. The fourth-order valence-electron chi connectivity index (χ4n) is 3.00. The van der Waals surface area contributed by atoms with Crippen molar-refractivity contribution in [1.29, 1.82) is 0 Å². The number of amides is 1. The second-order valence-electron chi connectivity index (χ2n) is 5.89. The molecule has 6 heteroatoms. The Morgan fingerprint density at radius 3 is 2.20 bits per heavy atom. The zero-order valence-corrected chi connectivity index (χ0v) is 15.0. The van der Waals surface area contributed by atoms with Crippen molar-refractivity contribution in [3.8, 4) is 5.75 Å². The topological polar surface area (TPSA) is 58.8 Å². The number of nitrogens with two attached hydrogens (primary N) is 1. The minimum Gasteiger partial charge on any atom is -0.495 e. The van der Waals surface area contributed by atoms with Crippen molar-refractivity contribution in [1.82, 2.24) is 4.90 Å². The molecular formula is C19H21N3O2S. The van der Waals surface area contributed by atoms with Crippen LogP contribution in [0.3, 0.4) is 0 Å². The molecular weight excluding hydrogens is 334 g/mol. The van der Waals surface area contributed by atoms with Crippen molar-refractivity contribution in [2.24, 2.45) is 5.73 Å². The number of carbonyl (C=O) groups excluding carboxylic acids is 1. The molecule has 2 aromatic rings. The molecule has 1 fully saturated rings. The first kappa shape index (κ1) is 17.2. The number of hydrogen-bond donors (Lipinski definition) is 1. The van der Waals surface area contributed by atoms with Gasteiger partial charge in [0.15, 0.2) is 0 Å². The normalized spacial score (nSPS) is 14.3. The molecule has 2 N–H and O–H groups in total. The molecule has 1 heterocycles. The molecule has 0 bridgehead atoms. The molecule has 1 amide bonds. The van der Waals surface area contributed by atoms with E-state index in [0.29, 0.717) is 23.6 Å². The largest absolute Gasteiger partial charge is 0.495 e.